The van der Waals surface area contributed by atoms with Crippen molar-refractivity contribution in [2.24, 2.45) is 11.7 Å². The van der Waals surface area contributed by atoms with Crippen molar-refractivity contribution in [1.82, 2.24) is 14.9 Å². The molecule has 2 aromatic rings. The maximum Gasteiger partial charge on any atom is 0.224 e. The molecule has 1 aromatic heterocycles. The van der Waals surface area contributed by atoms with Gasteiger partial charge in [-0.25, -0.2) is 4.98 Å². The number of imidazole rings is 1. The van der Waals surface area contributed by atoms with Crippen LogP contribution in [0, 0.1) is 12.8 Å². The van der Waals surface area contributed by atoms with Crippen LogP contribution in [0.3, 0.4) is 0 Å². The number of benzene rings is 1. The lowest BCUT2D eigenvalue weighted by Crippen LogP contribution is -2.34. The Kier molecular flexibility index (Phi) is 8.90. The van der Waals surface area contributed by atoms with Crippen LogP contribution < -0.4 is 11.1 Å². The number of aryl methyl sites for hydroxylation is 1. The zero-order valence-electron chi connectivity index (χ0n) is 13.5. The predicted octanol–water partition coefficient (Wildman–Crippen LogP) is 2.80. The van der Waals surface area contributed by atoms with Crippen LogP contribution in [-0.4, -0.2) is 22.0 Å². The van der Waals surface area contributed by atoms with Crippen LogP contribution in [0.25, 0.3) is 5.69 Å². The molecule has 5 nitrogen and oxygen atoms in total. The Bertz CT molecular complexity index is 613. The van der Waals surface area contributed by atoms with Crippen molar-refractivity contribution in [3.05, 3.63) is 48.0 Å². The molecule has 1 aromatic carbocycles. The third kappa shape index (κ3) is 5.23. The highest BCUT2D eigenvalue weighted by molar-refractivity contribution is 5.85. The van der Waals surface area contributed by atoms with E-state index in [0.717, 1.165) is 17.1 Å². The normalized spacial score (nSPS) is 12.5. The van der Waals surface area contributed by atoms with Crippen LogP contribution in [-0.2, 0) is 4.79 Å². The minimum absolute atomic E-state index is 0. The molecule has 0 bridgehead atoms. The standard InChI is InChI=1S/C16H22N4O.2ClH/c1-11(10-17)16(21)19-12(2)14-4-6-15(7-5-14)20-9-8-18-13(20)3;;/h4-9,11-12H,10,17H2,1-3H3,(H,19,21);2*1H. The topological polar surface area (TPSA) is 72.9 Å². The molecule has 2 unspecified atom stereocenters. The van der Waals surface area contributed by atoms with Gasteiger partial charge in [0.1, 0.15) is 5.82 Å². The lowest BCUT2D eigenvalue weighted by atomic mass is 10.1. The lowest BCUT2D eigenvalue weighted by Gasteiger charge is -2.17. The van der Waals surface area contributed by atoms with Gasteiger partial charge in [0.25, 0.3) is 0 Å². The molecule has 128 valence electrons. The molecule has 0 aliphatic rings. The number of nitrogens with two attached hydrogens (primary N) is 1. The van der Waals surface area contributed by atoms with Crippen molar-refractivity contribution < 1.29 is 4.79 Å². The minimum atomic E-state index is -0.166. The van der Waals surface area contributed by atoms with Gasteiger partial charge in [0.2, 0.25) is 5.91 Å². The molecule has 0 saturated carbocycles. The van der Waals surface area contributed by atoms with Gasteiger partial charge in [-0.2, -0.15) is 0 Å². The molecule has 1 amide bonds. The lowest BCUT2D eigenvalue weighted by molar-refractivity contribution is -0.124. The fourth-order valence-corrected chi connectivity index (χ4v) is 2.12. The predicted molar refractivity (Wildman–Crippen MR) is 97.6 cm³/mol. The van der Waals surface area contributed by atoms with Crippen LogP contribution >= 0.6 is 24.8 Å². The number of nitrogens with one attached hydrogen (secondary N) is 1. The summed E-state index contributed by atoms with van der Waals surface area (Å²) >= 11 is 0. The molecule has 3 N–H and O–H groups in total. The quantitative estimate of drug-likeness (QED) is 0.862. The van der Waals surface area contributed by atoms with E-state index in [0.29, 0.717) is 6.54 Å². The summed E-state index contributed by atoms with van der Waals surface area (Å²) < 4.78 is 2.02. The summed E-state index contributed by atoms with van der Waals surface area (Å²) in [5, 5.41) is 2.97. The maximum atomic E-state index is 11.9. The monoisotopic (exact) mass is 358 g/mol. The average Bonchev–Trinajstić information content (AvgIpc) is 2.92. The van der Waals surface area contributed by atoms with Crippen molar-refractivity contribution in [2.45, 2.75) is 26.8 Å². The highest BCUT2D eigenvalue weighted by Gasteiger charge is 2.14. The number of nitrogens with zero attached hydrogens (tertiary/aromatic N) is 2. The van der Waals surface area contributed by atoms with E-state index in [-0.39, 0.29) is 42.7 Å². The Hall–Kier alpha value is -1.56. The third-order valence-corrected chi connectivity index (χ3v) is 3.66. The van der Waals surface area contributed by atoms with Crippen molar-refractivity contribution in [2.75, 3.05) is 6.54 Å². The first-order valence-electron chi connectivity index (χ1n) is 7.13. The van der Waals surface area contributed by atoms with Gasteiger partial charge in [0.15, 0.2) is 0 Å². The van der Waals surface area contributed by atoms with E-state index >= 15 is 0 Å². The van der Waals surface area contributed by atoms with Gasteiger partial charge in [0, 0.05) is 30.5 Å². The van der Waals surface area contributed by atoms with Crippen LogP contribution in [0.15, 0.2) is 36.7 Å². The van der Waals surface area contributed by atoms with E-state index < -0.39 is 0 Å². The van der Waals surface area contributed by atoms with E-state index in [1.807, 2.05) is 55.8 Å². The van der Waals surface area contributed by atoms with Gasteiger partial charge in [-0.15, -0.1) is 24.8 Å². The van der Waals surface area contributed by atoms with Crippen molar-refractivity contribution in [3.63, 3.8) is 0 Å². The van der Waals surface area contributed by atoms with E-state index in [2.05, 4.69) is 10.3 Å². The van der Waals surface area contributed by atoms with Crippen LogP contribution in [0.2, 0.25) is 0 Å². The molecule has 0 saturated heterocycles. The number of aromatic nitrogens is 2. The van der Waals surface area contributed by atoms with Gasteiger partial charge in [-0.3, -0.25) is 4.79 Å². The molecule has 1 heterocycles. The second-order valence-corrected chi connectivity index (χ2v) is 5.30. The van der Waals surface area contributed by atoms with Crippen LogP contribution in [0.4, 0.5) is 0 Å². The second kappa shape index (κ2) is 9.55. The van der Waals surface area contributed by atoms with E-state index in [1.54, 1.807) is 6.20 Å². The number of amides is 1. The average molecular weight is 359 g/mol. The maximum absolute atomic E-state index is 11.9. The summed E-state index contributed by atoms with van der Waals surface area (Å²) in [5.41, 5.74) is 7.63. The number of hydrogen-bond donors (Lipinski definition) is 2. The van der Waals surface area contributed by atoms with Gasteiger partial charge in [-0.1, -0.05) is 19.1 Å². The highest BCUT2D eigenvalue weighted by Crippen LogP contribution is 2.17. The Labute approximate surface area is 149 Å². The van der Waals surface area contributed by atoms with Crippen molar-refractivity contribution in [3.8, 4) is 5.69 Å². The zero-order valence-corrected chi connectivity index (χ0v) is 15.2. The number of carbonyl (C=O) groups excluding carboxylic acids is 1. The molecule has 0 aliphatic heterocycles. The van der Waals surface area contributed by atoms with E-state index in [1.165, 1.54) is 0 Å². The summed E-state index contributed by atoms with van der Waals surface area (Å²) in [5.74, 6) is 0.765. The van der Waals surface area contributed by atoms with Gasteiger partial charge < -0.3 is 15.6 Å². The number of hydrogen-bond acceptors (Lipinski definition) is 3. The number of carbonyl (C=O) groups is 1. The third-order valence-electron chi connectivity index (χ3n) is 3.66. The van der Waals surface area contributed by atoms with Crippen molar-refractivity contribution >= 4 is 30.7 Å². The summed E-state index contributed by atoms with van der Waals surface area (Å²) in [6.07, 6.45) is 3.71. The summed E-state index contributed by atoms with van der Waals surface area (Å²) in [4.78, 5) is 16.1. The SMILES string of the molecule is Cc1nccn1-c1ccc(C(C)NC(=O)C(C)CN)cc1.Cl.Cl. The van der Waals surface area contributed by atoms with Gasteiger partial charge in [0.05, 0.1) is 6.04 Å². The molecular formula is C16H24Cl2N4O. The molecule has 0 spiro atoms. The second-order valence-electron chi connectivity index (χ2n) is 5.30. The van der Waals surface area contributed by atoms with E-state index in [4.69, 9.17) is 5.73 Å². The highest BCUT2D eigenvalue weighted by atomic mass is 35.5. The molecule has 2 atom stereocenters. The molecule has 23 heavy (non-hydrogen) atoms. The van der Waals surface area contributed by atoms with Crippen molar-refractivity contribution in [1.29, 1.82) is 0 Å². The summed E-state index contributed by atoms with van der Waals surface area (Å²) in [6.45, 7) is 6.12. The van der Waals surface area contributed by atoms with E-state index in [9.17, 15) is 4.79 Å². The Morgan fingerprint density at radius 3 is 2.35 bits per heavy atom. The molecular weight excluding hydrogens is 335 g/mol. The van der Waals surface area contributed by atoms with Gasteiger partial charge in [-0.05, 0) is 31.5 Å². The fraction of sp³-hybridized carbons (Fsp3) is 0.375. The largest absolute Gasteiger partial charge is 0.349 e. The van der Waals surface area contributed by atoms with Crippen LogP contribution in [0.5, 0.6) is 0 Å². The number of rotatable bonds is 5. The Balaban J connectivity index is 0.00000242. The number of halogens is 2. The smallest absolute Gasteiger partial charge is 0.224 e. The first-order chi connectivity index (χ1) is 10.0. The Morgan fingerprint density at radius 1 is 1.26 bits per heavy atom. The van der Waals surface area contributed by atoms with Gasteiger partial charge >= 0.3 is 0 Å². The summed E-state index contributed by atoms with van der Waals surface area (Å²) in [7, 11) is 0. The molecule has 0 aliphatic carbocycles. The molecule has 7 heteroatoms. The zero-order chi connectivity index (χ0) is 15.4. The minimum Gasteiger partial charge on any atom is -0.349 e. The summed E-state index contributed by atoms with van der Waals surface area (Å²) in [6, 6.07) is 8.06. The first-order valence-corrected chi connectivity index (χ1v) is 7.13. The molecule has 0 radical (unpaired) electrons. The first kappa shape index (κ1) is 21.4. The fourth-order valence-electron chi connectivity index (χ4n) is 2.12. The van der Waals surface area contributed by atoms with Crippen LogP contribution in [0.1, 0.15) is 31.3 Å². The molecule has 2 rings (SSSR count). The Morgan fingerprint density at radius 2 is 1.87 bits per heavy atom. The molecule has 0 fully saturated rings.